The lowest BCUT2D eigenvalue weighted by Gasteiger charge is -2.51. The zero-order valence-electron chi connectivity index (χ0n) is 13.4. The van der Waals surface area contributed by atoms with E-state index in [0.29, 0.717) is 24.2 Å². The Morgan fingerprint density at radius 2 is 1.90 bits per heavy atom. The van der Waals surface area contributed by atoms with Crippen molar-refractivity contribution >= 4 is 0 Å². The van der Waals surface area contributed by atoms with Gasteiger partial charge in [-0.2, -0.15) is 0 Å². The maximum Gasteiger partial charge on any atom is 0.126 e. The Morgan fingerprint density at radius 3 is 2.48 bits per heavy atom. The van der Waals surface area contributed by atoms with E-state index in [1.54, 1.807) is 6.07 Å². The summed E-state index contributed by atoms with van der Waals surface area (Å²) in [6.45, 7) is 4.08. The van der Waals surface area contributed by atoms with Crippen LogP contribution >= 0.6 is 0 Å². The molecule has 3 rings (SSSR count). The van der Waals surface area contributed by atoms with E-state index >= 15 is 0 Å². The summed E-state index contributed by atoms with van der Waals surface area (Å²) < 4.78 is 13.9. The molecule has 2 saturated heterocycles. The summed E-state index contributed by atoms with van der Waals surface area (Å²) in [5.41, 5.74) is 1.86. The standard InChI is InChI=1S/C18H27FN2/c1-12-7-8-14(9-18(12)19)13(2)21-16-5-4-6-17(21)11-15(10-16)20-3/h7-9,13,15-17,20H,4-6,10-11H2,1-3H3. The number of benzene rings is 1. The van der Waals surface area contributed by atoms with Crippen molar-refractivity contribution < 1.29 is 4.39 Å². The third kappa shape index (κ3) is 2.86. The highest BCUT2D eigenvalue weighted by molar-refractivity contribution is 5.26. The van der Waals surface area contributed by atoms with Gasteiger partial charge in [0, 0.05) is 24.2 Å². The van der Waals surface area contributed by atoms with Gasteiger partial charge >= 0.3 is 0 Å². The van der Waals surface area contributed by atoms with Crippen molar-refractivity contribution in [3.8, 4) is 0 Å². The fourth-order valence-corrected chi connectivity index (χ4v) is 4.33. The Hall–Kier alpha value is -0.930. The molecule has 0 aromatic heterocycles. The van der Waals surface area contributed by atoms with Gasteiger partial charge in [-0.25, -0.2) is 4.39 Å². The summed E-state index contributed by atoms with van der Waals surface area (Å²) >= 11 is 0. The molecule has 2 aliphatic rings. The molecule has 0 radical (unpaired) electrons. The van der Waals surface area contributed by atoms with Crippen LogP contribution in [0.2, 0.25) is 0 Å². The summed E-state index contributed by atoms with van der Waals surface area (Å²) in [5.74, 6) is -0.0744. The van der Waals surface area contributed by atoms with Crippen molar-refractivity contribution in [1.82, 2.24) is 10.2 Å². The topological polar surface area (TPSA) is 15.3 Å². The summed E-state index contributed by atoms with van der Waals surface area (Å²) in [7, 11) is 2.08. The predicted octanol–water partition coefficient (Wildman–Crippen LogP) is 3.80. The molecule has 1 aromatic carbocycles. The van der Waals surface area contributed by atoms with E-state index in [4.69, 9.17) is 0 Å². The minimum atomic E-state index is -0.0744. The molecule has 2 bridgehead atoms. The summed E-state index contributed by atoms with van der Waals surface area (Å²) in [6.07, 6.45) is 6.37. The summed E-state index contributed by atoms with van der Waals surface area (Å²) in [4.78, 5) is 2.67. The zero-order valence-corrected chi connectivity index (χ0v) is 13.4. The number of aryl methyl sites for hydroxylation is 1. The highest BCUT2D eigenvalue weighted by atomic mass is 19.1. The first kappa shape index (κ1) is 15.0. The molecule has 0 saturated carbocycles. The van der Waals surface area contributed by atoms with Gasteiger partial charge in [0.2, 0.25) is 0 Å². The second-order valence-corrected chi connectivity index (χ2v) is 6.83. The van der Waals surface area contributed by atoms with Gasteiger partial charge in [0.25, 0.3) is 0 Å². The lowest BCUT2D eigenvalue weighted by atomic mass is 9.80. The molecule has 3 heteroatoms. The van der Waals surface area contributed by atoms with E-state index in [2.05, 4.69) is 30.3 Å². The van der Waals surface area contributed by atoms with Crippen molar-refractivity contribution in [2.75, 3.05) is 7.05 Å². The second kappa shape index (κ2) is 6.05. The largest absolute Gasteiger partial charge is 0.317 e. The van der Waals surface area contributed by atoms with E-state index < -0.39 is 0 Å². The van der Waals surface area contributed by atoms with Crippen LogP contribution in [0.5, 0.6) is 0 Å². The molecule has 2 heterocycles. The molecule has 2 nitrogen and oxygen atoms in total. The molecule has 2 fully saturated rings. The van der Waals surface area contributed by atoms with Crippen LogP contribution in [0.3, 0.4) is 0 Å². The smallest absolute Gasteiger partial charge is 0.126 e. The van der Waals surface area contributed by atoms with Crippen LogP contribution in [-0.2, 0) is 0 Å². The van der Waals surface area contributed by atoms with E-state index in [9.17, 15) is 4.39 Å². The molecule has 3 atom stereocenters. The first-order valence-electron chi connectivity index (χ1n) is 8.31. The van der Waals surface area contributed by atoms with E-state index in [1.165, 1.54) is 32.1 Å². The molecule has 0 amide bonds. The molecule has 1 N–H and O–H groups in total. The number of piperidine rings is 2. The number of halogens is 1. The predicted molar refractivity (Wildman–Crippen MR) is 84.9 cm³/mol. The SMILES string of the molecule is CNC1CC2CCCC(C1)N2C(C)c1ccc(C)c(F)c1. The quantitative estimate of drug-likeness (QED) is 0.911. The lowest BCUT2D eigenvalue weighted by molar-refractivity contribution is -0.00523. The van der Waals surface area contributed by atoms with Gasteiger partial charge in [-0.3, -0.25) is 4.90 Å². The van der Waals surface area contributed by atoms with Crippen LogP contribution in [-0.4, -0.2) is 30.1 Å². The van der Waals surface area contributed by atoms with E-state index in [-0.39, 0.29) is 5.82 Å². The maximum atomic E-state index is 13.9. The average Bonchev–Trinajstić information content (AvgIpc) is 2.48. The van der Waals surface area contributed by atoms with Gasteiger partial charge in [0.15, 0.2) is 0 Å². The fourth-order valence-electron chi connectivity index (χ4n) is 4.33. The Labute approximate surface area is 127 Å². The van der Waals surface area contributed by atoms with Gasteiger partial charge < -0.3 is 5.32 Å². The van der Waals surface area contributed by atoms with Crippen molar-refractivity contribution in [1.29, 1.82) is 0 Å². The monoisotopic (exact) mass is 290 g/mol. The van der Waals surface area contributed by atoms with Crippen LogP contribution in [0.1, 0.15) is 56.2 Å². The van der Waals surface area contributed by atoms with Crippen LogP contribution in [0.4, 0.5) is 4.39 Å². The van der Waals surface area contributed by atoms with E-state index in [0.717, 1.165) is 11.1 Å². The molecule has 21 heavy (non-hydrogen) atoms. The average molecular weight is 290 g/mol. The van der Waals surface area contributed by atoms with Crippen molar-refractivity contribution in [3.05, 3.63) is 35.1 Å². The van der Waals surface area contributed by atoms with Crippen LogP contribution in [0.25, 0.3) is 0 Å². The van der Waals surface area contributed by atoms with Crippen molar-refractivity contribution in [2.24, 2.45) is 0 Å². The first-order valence-corrected chi connectivity index (χ1v) is 8.31. The first-order chi connectivity index (χ1) is 10.1. The highest BCUT2D eigenvalue weighted by Gasteiger charge is 2.40. The molecular weight excluding hydrogens is 263 g/mol. The maximum absolute atomic E-state index is 13.9. The number of hydrogen-bond acceptors (Lipinski definition) is 2. The van der Waals surface area contributed by atoms with Gasteiger partial charge in [0.1, 0.15) is 5.82 Å². The Kier molecular flexibility index (Phi) is 4.32. The van der Waals surface area contributed by atoms with Crippen LogP contribution in [0, 0.1) is 12.7 Å². The number of nitrogens with zero attached hydrogens (tertiary/aromatic N) is 1. The van der Waals surface area contributed by atoms with Gasteiger partial charge in [-0.15, -0.1) is 0 Å². The summed E-state index contributed by atoms with van der Waals surface area (Å²) in [5, 5.41) is 3.46. The molecule has 2 aliphatic heterocycles. The van der Waals surface area contributed by atoms with E-state index in [1.807, 2.05) is 13.0 Å². The minimum absolute atomic E-state index is 0.0744. The van der Waals surface area contributed by atoms with Gasteiger partial charge in [-0.05, 0) is 63.8 Å². The fraction of sp³-hybridized carbons (Fsp3) is 0.667. The number of hydrogen-bond donors (Lipinski definition) is 1. The molecule has 116 valence electrons. The Bertz CT molecular complexity index is 488. The third-order valence-corrected chi connectivity index (χ3v) is 5.56. The number of nitrogens with one attached hydrogen (secondary N) is 1. The molecule has 3 unspecified atom stereocenters. The third-order valence-electron chi connectivity index (χ3n) is 5.56. The normalized spacial score (nSPS) is 31.1. The molecule has 0 aliphatic carbocycles. The van der Waals surface area contributed by atoms with Gasteiger partial charge in [-0.1, -0.05) is 18.6 Å². The highest BCUT2D eigenvalue weighted by Crippen LogP contribution is 2.40. The second-order valence-electron chi connectivity index (χ2n) is 6.83. The number of rotatable bonds is 3. The molecule has 0 spiro atoms. The lowest BCUT2D eigenvalue weighted by Crippen LogP contribution is -2.56. The Morgan fingerprint density at radius 1 is 1.24 bits per heavy atom. The summed E-state index contributed by atoms with van der Waals surface area (Å²) in [6, 6.07) is 8.01. The van der Waals surface area contributed by atoms with Crippen molar-refractivity contribution in [2.45, 2.75) is 70.1 Å². The van der Waals surface area contributed by atoms with Crippen LogP contribution < -0.4 is 5.32 Å². The van der Waals surface area contributed by atoms with Gasteiger partial charge in [0.05, 0.1) is 0 Å². The van der Waals surface area contributed by atoms with Crippen LogP contribution in [0.15, 0.2) is 18.2 Å². The number of fused-ring (bicyclic) bond motifs is 2. The molecule has 1 aromatic rings. The molecular formula is C18H27FN2. The van der Waals surface area contributed by atoms with Crippen molar-refractivity contribution in [3.63, 3.8) is 0 Å². The minimum Gasteiger partial charge on any atom is -0.317 e. The Balaban J connectivity index is 1.83. The zero-order chi connectivity index (χ0) is 15.0.